The summed E-state index contributed by atoms with van der Waals surface area (Å²) >= 11 is 0. The van der Waals surface area contributed by atoms with E-state index >= 15 is 0 Å². The molecule has 0 aromatic carbocycles. The first kappa shape index (κ1) is 16.6. The maximum Gasteiger partial charge on any atom is 0.416 e. The highest BCUT2D eigenvalue weighted by molar-refractivity contribution is 6.23. The number of hydrogen-bond donors (Lipinski definition) is 0. The van der Waals surface area contributed by atoms with Gasteiger partial charge in [0.2, 0.25) is 11.9 Å². The number of imide groups is 1. The van der Waals surface area contributed by atoms with Gasteiger partial charge >= 0.3 is 12.0 Å². The zero-order valence-corrected chi connectivity index (χ0v) is 15.2. The summed E-state index contributed by atoms with van der Waals surface area (Å²) in [5, 5.41) is 6.53. The van der Waals surface area contributed by atoms with Gasteiger partial charge in [-0.05, 0) is 13.8 Å². The van der Waals surface area contributed by atoms with Crippen LogP contribution in [0.25, 0.3) is 0 Å². The van der Waals surface area contributed by atoms with Crippen molar-refractivity contribution in [2.45, 2.75) is 40.7 Å². The highest BCUT2D eigenvalue weighted by atomic mass is 16.2. The number of nitrogens with zero attached hydrogens (tertiary/aromatic N) is 6. The fraction of sp³-hybridized carbons (Fsp3) is 0.688. The smallest absolute Gasteiger partial charge is 0.270 e. The molecular formula is C16H25N6O2+. The lowest BCUT2D eigenvalue weighted by molar-refractivity contribution is -0.528. The quantitative estimate of drug-likeness (QED) is 0.701. The lowest BCUT2D eigenvalue weighted by atomic mass is 9.89. The van der Waals surface area contributed by atoms with E-state index < -0.39 is 6.04 Å². The van der Waals surface area contributed by atoms with E-state index in [1.165, 1.54) is 9.80 Å². The van der Waals surface area contributed by atoms with Crippen molar-refractivity contribution in [3.8, 4) is 0 Å². The van der Waals surface area contributed by atoms with Gasteiger partial charge in [-0.3, -0.25) is 14.6 Å². The molecule has 8 heteroatoms. The molecule has 0 aromatic heterocycles. The van der Waals surface area contributed by atoms with Gasteiger partial charge in [-0.25, -0.2) is 9.37 Å². The number of amidine groups is 1. The van der Waals surface area contributed by atoms with Crippen LogP contribution in [-0.2, 0) is 4.79 Å². The number of hydrazone groups is 1. The number of hydrogen-bond acceptors (Lipinski definition) is 5. The first-order valence-corrected chi connectivity index (χ1v) is 8.37. The van der Waals surface area contributed by atoms with Gasteiger partial charge in [0.25, 0.3) is 5.91 Å². The second-order valence-corrected chi connectivity index (χ2v) is 7.24. The molecule has 0 N–H and O–H groups in total. The molecule has 8 nitrogen and oxygen atoms in total. The van der Waals surface area contributed by atoms with Crippen LogP contribution in [0.5, 0.6) is 0 Å². The van der Waals surface area contributed by atoms with Crippen molar-refractivity contribution in [1.82, 2.24) is 14.8 Å². The van der Waals surface area contributed by atoms with Gasteiger partial charge in [0.1, 0.15) is 6.54 Å². The molecule has 24 heavy (non-hydrogen) atoms. The molecule has 0 spiro atoms. The Balaban J connectivity index is 2.05. The minimum Gasteiger partial charge on any atom is -0.270 e. The molecule has 3 heterocycles. The van der Waals surface area contributed by atoms with Gasteiger partial charge in [0.15, 0.2) is 0 Å². The summed E-state index contributed by atoms with van der Waals surface area (Å²) in [4.78, 5) is 32.6. The van der Waals surface area contributed by atoms with E-state index in [0.29, 0.717) is 31.4 Å². The molecule has 1 unspecified atom stereocenters. The van der Waals surface area contributed by atoms with Crippen LogP contribution in [0.15, 0.2) is 10.1 Å². The number of aliphatic imine (C=N–C) groups is 1. The summed E-state index contributed by atoms with van der Waals surface area (Å²) in [5.74, 6) is 0.936. The Kier molecular flexibility index (Phi) is 3.73. The number of amides is 3. The average Bonchev–Trinajstić information content (AvgIpc) is 2.91. The lowest BCUT2D eigenvalue weighted by Crippen LogP contribution is -2.63. The van der Waals surface area contributed by atoms with E-state index in [1.807, 2.05) is 23.4 Å². The molecule has 1 fully saturated rings. The molecule has 3 aliphatic heterocycles. The van der Waals surface area contributed by atoms with Crippen molar-refractivity contribution in [1.29, 1.82) is 0 Å². The Labute approximate surface area is 142 Å². The third-order valence-corrected chi connectivity index (χ3v) is 4.66. The van der Waals surface area contributed by atoms with Crippen LogP contribution in [0, 0.1) is 5.41 Å². The van der Waals surface area contributed by atoms with E-state index in [-0.39, 0.29) is 17.4 Å². The molecule has 1 saturated heterocycles. The van der Waals surface area contributed by atoms with Crippen LogP contribution in [0.3, 0.4) is 0 Å². The van der Waals surface area contributed by atoms with Gasteiger partial charge in [-0.15, -0.1) is 10.1 Å². The molecule has 3 amide bonds. The minimum atomic E-state index is -0.551. The van der Waals surface area contributed by atoms with Crippen LogP contribution in [0.1, 0.15) is 34.6 Å². The van der Waals surface area contributed by atoms with E-state index in [4.69, 9.17) is 5.10 Å². The molecule has 0 radical (unpaired) electrons. The Morgan fingerprint density at radius 2 is 1.88 bits per heavy atom. The fourth-order valence-corrected chi connectivity index (χ4v) is 3.15. The maximum atomic E-state index is 12.9. The van der Waals surface area contributed by atoms with E-state index in [9.17, 15) is 9.59 Å². The van der Waals surface area contributed by atoms with E-state index in [2.05, 4.69) is 25.8 Å². The van der Waals surface area contributed by atoms with Gasteiger partial charge in [-0.1, -0.05) is 25.8 Å². The van der Waals surface area contributed by atoms with Crippen molar-refractivity contribution < 1.29 is 14.2 Å². The third kappa shape index (κ3) is 2.23. The largest absolute Gasteiger partial charge is 0.416 e. The summed E-state index contributed by atoms with van der Waals surface area (Å²) in [7, 11) is 1.67. The van der Waals surface area contributed by atoms with Crippen molar-refractivity contribution in [2.75, 3.05) is 26.7 Å². The van der Waals surface area contributed by atoms with Crippen LogP contribution in [0.2, 0.25) is 0 Å². The Morgan fingerprint density at radius 3 is 2.42 bits per heavy atom. The van der Waals surface area contributed by atoms with Gasteiger partial charge in [0.05, 0.1) is 12.3 Å². The average molecular weight is 333 g/mol. The number of carbonyl (C=O) groups is 2. The highest BCUT2D eigenvalue weighted by Crippen LogP contribution is 2.26. The number of guanidine groups is 1. The molecule has 130 valence electrons. The topological polar surface area (TPSA) is 71.6 Å². The Hall–Kier alpha value is -2.25. The zero-order valence-electron chi connectivity index (χ0n) is 15.2. The number of fused-ring (bicyclic) bond motifs is 2. The first-order valence-electron chi connectivity index (χ1n) is 8.37. The second-order valence-electron chi connectivity index (χ2n) is 7.24. The van der Waals surface area contributed by atoms with Crippen molar-refractivity contribution in [3.05, 3.63) is 0 Å². The lowest BCUT2D eigenvalue weighted by Gasteiger charge is -2.34. The fourth-order valence-electron chi connectivity index (χ4n) is 3.15. The summed E-state index contributed by atoms with van der Waals surface area (Å²) in [6.45, 7) is 11.7. The SMILES string of the molecule is CCN1N=C(C(C)(C)C)C[N+]2=C1N=C1C2C(=O)N(CC)C(=O)N1C. The summed E-state index contributed by atoms with van der Waals surface area (Å²) < 4.78 is 1.97. The number of urea groups is 1. The van der Waals surface area contributed by atoms with E-state index in [1.54, 1.807) is 7.05 Å². The molecule has 3 aliphatic rings. The highest BCUT2D eigenvalue weighted by Gasteiger charge is 2.54. The summed E-state index contributed by atoms with van der Waals surface area (Å²) in [6, 6.07) is -0.873. The van der Waals surface area contributed by atoms with E-state index in [0.717, 1.165) is 5.71 Å². The predicted molar refractivity (Wildman–Crippen MR) is 91.2 cm³/mol. The number of likely N-dealkylation sites (N-methyl/N-ethyl adjacent to an activating group) is 2. The second kappa shape index (κ2) is 5.39. The van der Waals surface area contributed by atoms with Crippen LogP contribution in [0.4, 0.5) is 4.79 Å². The predicted octanol–water partition coefficient (Wildman–Crippen LogP) is 0.787. The van der Waals surface area contributed by atoms with Gasteiger partial charge < -0.3 is 0 Å². The minimum absolute atomic E-state index is 0.106. The van der Waals surface area contributed by atoms with Gasteiger partial charge in [-0.2, -0.15) is 0 Å². The molecule has 0 aliphatic carbocycles. The van der Waals surface area contributed by atoms with Crippen molar-refractivity contribution in [3.63, 3.8) is 0 Å². The van der Waals surface area contributed by atoms with Crippen LogP contribution in [-0.4, -0.2) is 81.6 Å². The number of rotatable bonds is 2. The maximum absolute atomic E-state index is 12.9. The summed E-state index contributed by atoms with van der Waals surface area (Å²) in [6.07, 6.45) is 0. The molecule has 0 bridgehead atoms. The first-order chi connectivity index (χ1) is 11.2. The standard InChI is InChI=1S/C16H25N6O2/c1-7-20-13(23)11-12(19(6)15(20)24)17-14-21(11)9-10(16(3,4)5)18-22(14)8-2/h11H,7-9H2,1-6H3/q+1. The molecule has 0 aromatic rings. The third-order valence-electron chi connectivity index (χ3n) is 4.66. The van der Waals surface area contributed by atoms with Crippen LogP contribution < -0.4 is 0 Å². The number of carbonyl (C=O) groups excluding carboxylic acids is 2. The molecule has 3 rings (SSSR count). The molecule has 0 saturated carbocycles. The summed E-state index contributed by atoms with van der Waals surface area (Å²) in [5.41, 5.74) is 0.894. The monoisotopic (exact) mass is 333 g/mol. The molecular weight excluding hydrogens is 308 g/mol. The normalized spacial score (nSPS) is 24.2. The zero-order chi connectivity index (χ0) is 17.8. The van der Waals surface area contributed by atoms with Crippen molar-refractivity contribution in [2.24, 2.45) is 15.5 Å². The molecule has 1 atom stereocenters. The Morgan fingerprint density at radius 1 is 1.21 bits per heavy atom. The Bertz CT molecular complexity index is 700. The van der Waals surface area contributed by atoms with Gasteiger partial charge in [0, 0.05) is 19.0 Å². The van der Waals surface area contributed by atoms with Crippen LogP contribution >= 0.6 is 0 Å². The van der Waals surface area contributed by atoms with Crippen molar-refractivity contribution >= 4 is 29.4 Å².